The zero-order valence-corrected chi connectivity index (χ0v) is 14.7. The molecule has 0 saturated carbocycles. The molecule has 4 heteroatoms. The zero-order valence-electron chi connectivity index (χ0n) is 11.5. The van der Waals surface area contributed by atoms with Crippen LogP contribution in [0.2, 0.25) is 0 Å². The van der Waals surface area contributed by atoms with Gasteiger partial charge >= 0.3 is 0 Å². The second-order valence-corrected chi connectivity index (χ2v) is 6.39. The fraction of sp³-hybridized carbons (Fsp3) is 0.250. The van der Waals surface area contributed by atoms with Crippen molar-refractivity contribution in [2.24, 2.45) is 0 Å². The molecule has 2 aromatic rings. The lowest BCUT2D eigenvalue weighted by Gasteiger charge is -2.20. The minimum Gasteiger partial charge on any atom is -0.496 e. The summed E-state index contributed by atoms with van der Waals surface area (Å²) in [5.41, 5.74) is 2.45. The lowest BCUT2D eigenvalue weighted by atomic mass is 9.98. The number of halogens is 2. The van der Waals surface area contributed by atoms with Gasteiger partial charge in [-0.1, -0.05) is 50.1 Å². The summed E-state index contributed by atoms with van der Waals surface area (Å²) < 4.78 is 7.62. The number of ether oxygens (including phenoxy) is 1. The maximum Gasteiger partial charge on any atom is 0.124 e. The first-order valence-electron chi connectivity index (χ1n) is 6.39. The molecule has 0 bridgehead atoms. The molecule has 0 aromatic heterocycles. The van der Waals surface area contributed by atoms with Crippen molar-refractivity contribution in [1.82, 2.24) is 5.32 Å². The van der Waals surface area contributed by atoms with E-state index >= 15 is 0 Å². The number of benzene rings is 2. The van der Waals surface area contributed by atoms with Gasteiger partial charge < -0.3 is 10.1 Å². The largest absolute Gasteiger partial charge is 0.496 e. The van der Waals surface area contributed by atoms with Gasteiger partial charge in [0.2, 0.25) is 0 Å². The average Bonchev–Trinajstić information content (AvgIpc) is 2.45. The van der Waals surface area contributed by atoms with Crippen molar-refractivity contribution < 1.29 is 4.74 Å². The SMILES string of the molecule is CNC(Cc1cccc(Br)c1)c1ccc(Br)cc1OC. The zero-order chi connectivity index (χ0) is 14.5. The normalized spacial score (nSPS) is 12.2. The number of methoxy groups -OCH3 is 1. The highest BCUT2D eigenvalue weighted by molar-refractivity contribution is 9.10. The van der Waals surface area contributed by atoms with E-state index in [4.69, 9.17) is 4.74 Å². The van der Waals surface area contributed by atoms with Crippen molar-refractivity contribution in [3.05, 3.63) is 62.5 Å². The smallest absolute Gasteiger partial charge is 0.124 e. The van der Waals surface area contributed by atoms with Gasteiger partial charge in [0, 0.05) is 20.6 Å². The minimum atomic E-state index is 0.215. The van der Waals surface area contributed by atoms with Crippen molar-refractivity contribution in [1.29, 1.82) is 0 Å². The summed E-state index contributed by atoms with van der Waals surface area (Å²) >= 11 is 6.99. The molecule has 106 valence electrons. The topological polar surface area (TPSA) is 21.3 Å². The maximum atomic E-state index is 5.49. The van der Waals surface area contributed by atoms with Gasteiger partial charge in [0.25, 0.3) is 0 Å². The molecule has 0 spiro atoms. The van der Waals surface area contributed by atoms with Crippen LogP contribution in [-0.2, 0) is 6.42 Å². The van der Waals surface area contributed by atoms with Crippen LogP contribution in [0.25, 0.3) is 0 Å². The molecule has 0 aliphatic carbocycles. The van der Waals surface area contributed by atoms with E-state index in [2.05, 4.69) is 61.4 Å². The highest BCUT2D eigenvalue weighted by Crippen LogP contribution is 2.30. The van der Waals surface area contributed by atoms with E-state index in [1.165, 1.54) is 5.56 Å². The van der Waals surface area contributed by atoms with Gasteiger partial charge in [0.15, 0.2) is 0 Å². The molecule has 2 nitrogen and oxygen atoms in total. The first-order chi connectivity index (χ1) is 9.63. The fourth-order valence-corrected chi connectivity index (χ4v) is 3.03. The van der Waals surface area contributed by atoms with Crippen LogP contribution in [0, 0.1) is 0 Å². The Morgan fingerprint density at radius 1 is 1.10 bits per heavy atom. The average molecular weight is 399 g/mol. The Labute approximate surface area is 136 Å². The Morgan fingerprint density at radius 3 is 2.50 bits per heavy atom. The van der Waals surface area contributed by atoms with Gasteiger partial charge in [-0.05, 0) is 43.3 Å². The maximum absolute atomic E-state index is 5.49. The van der Waals surface area contributed by atoms with Gasteiger partial charge in [-0.2, -0.15) is 0 Å². The molecule has 0 amide bonds. The highest BCUT2D eigenvalue weighted by Gasteiger charge is 2.15. The van der Waals surface area contributed by atoms with Crippen LogP contribution < -0.4 is 10.1 Å². The van der Waals surface area contributed by atoms with Crippen LogP contribution in [0.5, 0.6) is 5.75 Å². The second kappa shape index (κ2) is 7.25. The third-order valence-corrected chi connectivity index (χ3v) is 4.23. The summed E-state index contributed by atoms with van der Waals surface area (Å²) in [6, 6.07) is 14.7. The fourth-order valence-electron chi connectivity index (χ4n) is 2.24. The summed E-state index contributed by atoms with van der Waals surface area (Å²) in [6.45, 7) is 0. The summed E-state index contributed by atoms with van der Waals surface area (Å²) in [5, 5.41) is 3.37. The van der Waals surface area contributed by atoms with Gasteiger partial charge in [0.05, 0.1) is 7.11 Å². The Balaban J connectivity index is 2.28. The quantitative estimate of drug-likeness (QED) is 0.786. The van der Waals surface area contributed by atoms with Gasteiger partial charge in [-0.3, -0.25) is 0 Å². The first kappa shape index (κ1) is 15.5. The van der Waals surface area contributed by atoms with Crippen LogP contribution in [0.15, 0.2) is 51.4 Å². The van der Waals surface area contributed by atoms with Gasteiger partial charge in [-0.25, -0.2) is 0 Å². The number of rotatable bonds is 5. The van der Waals surface area contributed by atoms with Crippen molar-refractivity contribution in [3.8, 4) is 5.75 Å². The van der Waals surface area contributed by atoms with Crippen molar-refractivity contribution >= 4 is 31.9 Å². The predicted molar refractivity (Wildman–Crippen MR) is 90.3 cm³/mol. The number of hydrogen-bond acceptors (Lipinski definition) is 2. The number of nitrogens with one attached hydrogen (secondary N) is 1. The van der Waals surface area contributed by atoms with Crippen LogP contribution in [0.1, 0.15) is 17.2 Å². The molecule has 20 heavy (non-hydrogen) atoms. The Hall–Kier alpha value is -0.840. The van der Waals surface area contributed by atoms with Gasteiger partial charge in [0.1, 0.15) is 5.75 Å². The molecular formula is C16H17Br2NO. The summed E-state index contributed by atoms with van der Waals surface area (Å²) in [5.74, 6) is 0.897. The van der Waals surface area contributed by atoms with Crippen LogP contribution in [-0.4, -0.2) is 14.2 Å². The molecule has 2 rings (SSSR count). The summed E-state index contributed by atoms with van der Waals surface area (Å²) in [6.07, 6.45) is 0.911. The lowest BCUT2D eigenvalue weighted by Crippen LogP contribution is -2.19. The molecule has 1 N–H and O–H groups in total. The van der Waals surface area contributed by atoms with Crippen molar-refractivity contribution in [3.63, 3.8) is 0 Å². The van der Waals surface area contributed by atoms with E-state index < -0.39 is 0 Å². The molecule has 0 radical (unpaired) electrons. The summed E-state index contributed by atoms with van der Waals surface area (Å²) in [4.78, 5) is 0. The Bertz CT molecular complexity index is 586. The van der Waals surface area contributed by atoms with E-state index in [-0.39, 0.29) is 6.04 Å². The van der Waals surface area contributed by atoms with Crippen LogP contribution in [0.3, 0.4) is 0 Å². The Kier molecular flexibility index (Phi) is 5.64. The first-order valence-corrected chi connectivity index (χ1v) is 7.97. The van der Waals surface area contributed by atoms with Crippen molar-refractivity contribution in [2.75, 3.05) is 14.2 Å². The number of hydrogen-bond donors (Lipinski definition) is 1. The van der Waals surface area contributed by atoms with Crippen molar-refractivity contribution in [2.45, 2.75) is 12.5 Å². The van der Waals surface area contributed by atoms with E-state index in [1.54, 1.807) is 7.11 Å². The van der Waals surface area contributed by atoms with E-state index in [0.717, 1.165) is 26.7 Å². The van der Waals surface area contributed by atoms with E-state index in [0.29, 0.717) is 0 Å². The minimum absolute atomic E-state index is 0.215. The highest BCUT2D eigenvalue weighted by atomic mass is 79.9. The second-order valence-electron chi connectivity index (χ2n) is 4.56. The standard InChI is InChI=1S/C16H17Br2NO/c1-19-15(9-11-4-3-5-12(17)8-11)14-7-6-13(18)10-16(14)20-2/h3-8,10,15,19H,9H2,1-2H3. The molecule has 1 atom stereocenters. The molecule has 0 fully saturated rings. The molecule has 1 unspecified atom stereocenters. The monoisotopic (exact) mass is 397 g/mol. The molecule has 0 aliphatic heterocycles. The molecule has 0 saturated heterocycles. The molecule has 0 heterocycles. The Morgan fingerprint density at radius 2 is 1.85 bits per heavy atom. The van der Waals surface area contributed by atoms with Gasteiger partial charge in [-0.15, -0.1) is 0 Å². The summed E-state index contributed by atoms with van der Waals surface area (Å²) in [7, 11) is 3.68. The van der Waals surface area contributed by atoms with E-state index in [9.17, 15) is 0 Å². The molecule has 0 aliphatic rings. The molecule has 2 aromatic carbocycles. The van der Waals surface area contributed by atoms with E-state index in [1.807, 2.05) is 25.2 Å². The lowest BCUT2D eigenvalue weighted by molar-refractivity contribution is 0.401. The third kappa shape index (κ3) is 3.84. The molecular weight excluding hydrogens is 382 g/mol. The van der Waals surface area contributed by atoms with Crippen LogP contribution in [0.4, 0.5) is 0 Å². The van der Waals surface area contributed by atoms with Crippen LogP contribution >= 0.6 is 31.9 Å². The predicted octanol–water partition coefficient (Wildman–Crippen LogP) is 4.72. The third-order valence-electron chi connectivity index (χ3n) is 3.25. The number of likely N-dealkylation sites (N-methyl/N-ethyl adjacent to an activating group) is 1.